The molecule has 1 unspecified atom stereocenters. The number of thiazole rings is 1. The largest absolute Gasteiger partial charge is 0.385 e. The Morgan fingerprint density at radius 1 is 1.64 bits per heavy atom. The fourth-order valence-corrected chi connectivity index (χ4v) is 1.90. The summed E-state index contributed by atoms with van der Waals surface area (Å²) in [5.74, 6) is 0. The molecule has 0 bridgehead atoms. The van der Waals surface area contributed by atoms with E-state index in [1.165, 1.54) is 4.88 Å². The Hall–Kier alpha value is -0.450. The standard InChI is InChI=1S/C10H18N2OS/c1-8(4-5-13-3)11-6-10-7-12-9(2)14-10/h7-8,11H,4-6H2,1-3H3. The van der Waals surface area contributed by atoms with Crippen LogP contribution in [0.25, 0.3) is 0 Å². The monoisotopic (exact) mass is 214 g/mol. The molecule has 0 spiro atoms. The van der Waals surface area contributed by atoms with Crippen molar-refractivity contribution in [1.82, 2.24) is 10.3 Å². The van der Waals surface area contributed by atoms with Crippen molar-refractivity contribution in [3.05, 3.63) is 16.1 Å². The Labute approximate surface area is 89.5 Å². The van der Waals surface area contributed by atoms with Crippen LogP contribution in [0.3, 0.4) is 0 Å². The topological polar surface area (TPSA) is 34.1 Å². The fourth-order valence-electron chi connectivity index (χ4n) is 1.16. The molecule has 0 saturated carbocycles. The lowest BCUT2D eigenvalue weighted by Gasteiger charge is -2.11. The van der Waals surface area contributed by atoms with E-state index in [1.807, 2.05) is 13.1 Å². The summed E-state index contributed by atoms with van der Waals surface area (Å²) in [5, 5.41) is 4.57. The summed E-state index contributed by atoms with van der Waals surface area (Å²) in [7, 11) is 1.74. The first-order valence-corrected chi connectivity index (χ1v) is 5.67. The van der Waals surface area contributed by atoms with Crippen molar-refractivity contribution < 1.29 is 4.74 Å². The highest BCUT2D eigenvalue weighted by molar-refractivity contribution is 7.11. The molecule has 3 nitrogen and oxygen atoms in total. The number of ether oxygens (including phenoxy) is 1. The first-order chi connectivity index (χ1) is 6.72. The van der Waals surface area contributed by atoms with Crippen LogP contribution in [-0.4, -0.2) is 24.7 Å². The van der Waals surface area contributed by atoms with Crippen LogP contribution in [0, 0.1) is 6.92 Å². The highest BCUT2D eigenvalue weighted by Gasteiger charge is 2.02. The maximum absolute atomic E-state index is 5.02. The Morgan fingerprint density at radius 2 is 2.43 bits per heavy atom. The molecule has 1 heterocycles. The van der Waals surface area contributed by atoms with Gasteiger partial charge < -0.3 is 10.1 Å². The smallest absolute Gasteiger partial charge is 0.0897 e. The summed E-state index contributed by atoms with van der Waals surface area (Å²) >= 11 is 1.75. The van der Waals surface area contributed by atoms with Gasteiger partial charge in [-0.2, -0.15) is 0 Å². The van der Waals surface area contributed by atoms with E-state index in [9.17, 15) is 0 Å². The number of methoxy groups -OCH3 is 1. The highest BCUT2D eigenvalue weighted by atomic mass is 32.1. The third-order valence-corrected chi connectivity index (χ3v) is 2.96. The van der Waals surface area contributed by atoms with Gasteiger partial charge in [-0.3, -0.25) is 0 Å². The van der Waals surface area contributed by atoms with Gasteiger partial charge >= 0.3 is 0 Å². The molecule has 0 radical (unpaired) electrons. The molecular formula is C10H18N2OS. The molecule has 1 atom stereocenters. The van der Waals surface area contributed by atoms with Crippen LogP contribution in [0.15, 0.2) is 6.20 Å². The van der Waals surface area contributed by atoms with Crippen LogP contribution < -0.4 is 5.32 Å². The van der Waals surface area contributed by atoms with Gasteiger partial charge in [-0.15, -0.1) is 11.3 Å². The second-order valence-corrected chi connectivity index (χ2v) is 4.73. The Kier molecular flexibility index (Phi) is 5.07. The van der Waals surface area contributed by atoms with E-state index in [4.69, 9.17) is 4.74 Å². The Balaban J connectivity index is 2.20. The van der Waals surface area contributed by atoms with Crippen molar-refractivity contribution in [1.29, 1.82) is 0 Å². The number of aromatic nitrogens is 1. The van der Waals surface area contributed by atoms with Crippen LogP contribution in [0.4, 0.5) is 0 Å². The molecule has 0 aromatic carbocycles. The zero-order valence-corrected chi connectivity index (χ0v) is 9.86. The number of aryl methyl sites for hydroxylation is 1. The second kappa shape index (κ2) is 6.11. The molecule has 1 aromatic heterocycles. The zero-order chi connectivity index (χ0) is 10.4. The maximum atomic E-state index is 5.02. The van der Waals surface area contributed by atoms with E-state index in [1.54, 1.807) is 18.4 Å². The van der Waals surface area contributed by atoms with Gasteiger partial charge in [0, 0.05) is 37.4 Å². The second-order valence-electron chi connectivity index (χ2n) is 3.41. The fraction of sp³-hybridized carbons (Fsp3) is 0.700. The molecule has 0 aliphatic rings. The summed E-state index contributed by atoms with van der Waals surface area (Å²) in [6.07, 6.45) is 2.99. The predicted molar refractivity (Wildman–Crippen MR) is 59.6 cm³/mol. The maximum Gasteiger partial charge on any atom is 0.0897 e. The van der Waals surface area contributed by atoms with Gasteiger partial charge in [-0.1, -0.05) is 0 Å². The number of hydrogen-bond donors (Lipinski definition) is 1. The molecule has 14 heavy (non-hydrogen) atoms. The minimum absolute atomic E-state index is 0.498. The lowest BCUT2D eigenvalue weighted by atomic mass is 10.2. The molecule has 0 aliphatic heterocycles. The molecule has 4 heteroatoms. The van der Waals surface area contributed by atoms with Gasteiger partial charge in [-0.05, 0) is 20.3 Å². The number of nitrogens with zero attached hydrogens (tertiary/aromatic N) is 1. The van der Waals surface area contributed by atoms with E-state index in [2.05, 4.69) is 17.2 Å². The lowest BCUT2D eigenvalue weighted by molar-refractivity contribution is 0.185. The van der Waals surface area contributed by atoms with Crippen molar-refractivity contribution in [2.75, 3.05) is 13.7 Å². The predicted octanol–water partition coefficient (Wildman–Crippen LogP) is 1.97. The van der Waals surface area contributed by atoms with Crippen LogP contribution in [-0.2, 0) is 11.3 Å². The third-order valence-electron chi connectivity index (χ3n) is 2.05. The first kappa shape index (κ1) is 11.6. The van der Waals surface area contributed by atoms with Gasteiger partial charge in [0.05, 0.1) is 5.01 Å². The van der Waals surface area contributed by atoms with E-state index >= 15 is 0 Å². The molecule has 1 N–H and O–H groups in total. The van der Waals surface area contributed by atoms with Crippen molar-refractivity contribution >= 4 is 11.3 Å². The quantitative estimate of drug-likeness (QED) is 0.786. The molecule has 0 saturated heterocycles. The van der Waals surface area contributed by atoms with Gasteiger partial charge in [0.2, 0.25) is 0 Å². The van der Waals surface area contributed by atoms with E-state index in [0.717, 1.165) is 24.6 Å². The van der Waals surface area contributed by atoms with Crippen molar-refractivity contribution in [3.8, 4) is 0 Å². The lowest BCUT2D eigenvalue weighted by Crippen LogP contribution is -2.26. The van der Waals surface area contributed by atoms with Gasteiger partial charge in [0.25, 0.3) is 0 Å². The van der Waals surface area contributed by atoms with Crippen molar-refractivity contribution in [2.24, 2.45) is 0 Å². The van der Waals surface area contributed by atoms with Crippen molar-refractivity contribution in [2.45, 2.75) is 32.9 Å². The van der Waals surface area contributed by atoms with Crippen molar-refractivity contribution in [3.63, 3.8) is 0 Å². The Bertz CT molecular complexity index is 262. The minimum Gasteiger partial charge on any atom is -0.385 e. The average Bonchev–Trinajstić information content (AvgIpc) is 2.58. The zero-order valence-electron chi connectivity index (χ0n) is 9.04. The molecule has 0 aliphatic carbocycles. The molecule has 1 rings (SSSR count). The Morgan fingerprint density at radius 3 is 3.00 bits per heavy atom. The van der Waals surface area contributed by atoms with E-state index < -0.39 is 0 Å². The summed E-state index contributed by atoms with van der Waals surface area (Å²) in [4.78, 5) is 5.51. The number of rotatable bonds is 6. The molecular weight excluding hydrogens is 196 g/mol. The van der Waals surface area contributed by atoms with Crippen LogP contribution in [0.5, 0.6) is 0 Å². The normalized spacial score (nSPS) is 13.1. The average molecular weight is 214 g/mol. The number of hydrogen-bond acceptors (Lipinski definition) is 4. The molecule has 0 fully saturated rings. The molecule has 1 aromatic rings. The summed E-state index contributed by atoms with van der Waals surface area (Å²) in [6, 6.07) is 0.498. The van der Waals surface area contributed by atoms with E-state index in [-0.39, 0.29) is 0 Å². The van der Waals surface area contributed by atoms with E-state index in [0.29, 0.717) is 6.04 Å². The van der Waals surface area contributed by atoms with Gasteiger partial charge in [0.1, 0.15) is 0 Å². The first-order valence-electron chi connectivity index (χ1n) is 4.86. The summed E-state index contributed by atoms with van der Waals surface area (Å²) < 4.78 is 5.02. The highest BCUT2D eigenvalue weighted by Crippen LogP contribution is 2.11. The van der Waals surface area contributed by atoms with Crippen LogP contribution >= 0.6 is 11.3 Å². The summed E-state index contributed by atoms with van der Waals surface area (Å²) in [6.45, 7) is 5.93. The number of nitrogens with one attached hydrogen (secondary N) is 1. The van der Waals surface area contributed by atoms with Crippen LogP contribution in [0.1, 0.15) is 23.2 Å². The van der Waals surface area contributed by atoms with Gasteiger partial charge in [-0.25, -0.2) is 4.98 Å². The molecule has 0 amide bonds. The summed E-state index contributed by atoms with van der Waals surface area (Å²) in [5.41, 5.74) is 0. The van der Waals surface area contributed by atoms with Crippen LogP contribution in [0.2, 0.25) is 0 Å². The van der Waals surface area contributed by atoms with Gasteiger partial charge in [0.15, 0.2) is 0 Å². The SMILES string of the molecule is COCCC(C)NCc1cnc(C)s1. The minimum atomic E-state index is 0.498. The molecule has 80 valence electrons. The third kappa shape index (κ3) is 4.17.